The molecule has 0 aliphatic carbocycles. The van der Waals surface area contributed by atoms with Crippen LogP contribution in [-0.4, -0.2) is 23.0 Å². The molecule has 0 amide bonds. The maximum Gasteiger partial charge on any atom is 0.357 e. The van der Waals surface area contributed by atoms with Gasteiger partial charge in [0.2, 0.25) is 0 Å². The molecule has 19 heavy (non-hydrogen) atoms. The number of aromatic nitrogens is 2. The van der Waals surface area contributed by atoms with Crippen LogP contribution >= 0.6 is 22.7 Å². The van der Waals surface area contributed by atoms with Gasteiger partial charge in [0.15, 0.2) is 10.8 Å². The maximum atomic E-state index is 11.5. The van der Waals surface area contributed by atoms with Gasteiger partial charge in [0.1, 0.15) is 5.01 Å². The van der Waals surface area contributed by atoms with Crippen LogP contribution in [0.4, 0.5) is 5.13 Å². The van der Waals surface area contributed by atoms with E-state index in [1.165, 1.54) is 23.3 Å². The lowest BCUT2D eigenvalue weighted by atomic mass is 10.4. The van der Waals surface area contributed by atoms with Crippen LogP contribution in [0.2, 0.25) is 0 Å². The van der Waals surface area contributed by atoms with Gasteiger partial charge in [-0.05, 0) is 20.8 Å². The van der Waals surface area contributed by atoms with Crippen molar-refractivity contribution < 1.29 is 9.53 Å². The summed E-state index contributed by atoms with van der Waals surface area (Å²) >= 11 is 3.09. The number of anilines is 1. The van der Waals surface area contributed by atoms with Crippen LogP contribution in [0.5, 0.6) is 0 Å². The number of aryl methyl sites for hydroxylation is 2. The molecule has 0 radical (unpaired) electrons. The Bertz CT molecular complexity index is 592. The Morgan fingerprint density at radius 1 is 1.42 bits per heavy atom. The number of nitrogens with zero attached hydrogens (tertiary/aromatic N) is 2. The van der Waals surface area contributed by atoms with Gasteiger partial charge >= 0.3 is 5.97 Å². The molecule has 2 aromatic heterocycles. The van der Waals surface area contributed by atoms with E-state index in [1.54, 1.807) is 11.3 Å². The van der Waals surface area contributed by atoms with Crippen molar-refractivity contribution in [3.8, 4) is 0 Å². The van der Waals surface area contributed by atoms with Crippen LogP contribution in [0.25, 0.3) is 0 Å². The summed E-state index contributed by atoms with van der Waals surface area (Å²) in [5.74, 6) is -0.403. The van der Waals surface area contributed by atoms with Gasteiger partial charge in [-0.15, -0.1) is 22.7 Å². The first-order valence-corrected chi connectivity index (χ1v) is 7.39. The first kappa shape index (κ1) is 14.0. The zero-order valence-electron chi connectivity index (χ0n) is 11.2. The Hall–Kier alpha value is -1.47. The molecule has 0 bridgehead atoms. The van der Waals surface area contributed by atoms with E-state index in [4.69, 9.17) is 4.74 Å². The van der Waals surface area contributed by atoms with Crippen molar-refractivity contribution >= 4 is 33.8 Å². The highest BCUT2D eigenvalue weighted by molar-refractivity contribution is 7.15. The zero-order chi connectivity index (χ0) is 14.0. The van der Waals surface area contributed by atoms with Crippen molar-refractivity contribution in [1.82, 2.24) is 9.97 Å². The molecule has 0 spiro atoms. The number of ether oxygens (including phenoxy) is 1. The van der Waals surface area contributed by atoms with Crippen molar-refractivity contribution in [2.45, 2.75) is 26.8 Å². The van der Waals surface area contributed by atoms with Crippen molar-refractivity contribution in [2.75, 3.05) is 12.4 Å². The SMILES string of the molecule is COC(=O)c1nc(NC(C)c2ncc(C)s2)sc1C. The van der Waals surface area contributed by atoms with Crippen LogP contribution in [0.1, 0.15) is 38.2 Å². The summed E-state index contributed by atoms with van der Waals surface area (Å²) in [6, 6.07) is 0.0646. The minimum atomic E-state index is -0.403. The molecule has 2 heterocycles. The second-order valence-electron chi connectivity index (χ2n) is 4.09. The molecule has 1 atom stereocenters. The van der Waals surface area contributed by atoms with Crippen molar-refractivity contribution in [1.29, 1.82) is 0 Å². The molecular weight excluding hydrogens is 282 g/mol. The molecule has 1 unspecified atom stereocenters. The second kappa shape index (κ2) is 5.66. The van der Waals surface area contributed by atoms with Gasteiger partial charge in [-0.25, -0.2) is 14.8 Å². The summed E-state index contributed by atoms with van der Waals surface area (Å²) in [4.78, 5) is 22.1. The molecule has 102 valence electrons. The maximum absolute atomic E-state index is 11.5. The summed E-state index contributed by atoms with van der Waals surface area (Å²) in [6.07, 6.45) is 1.85. The first-order chi connectivity index (χ1) is 9.01. The minimum Gasteiger partial charge on any atom is -0.464 e. The van der Waals surface area contributed by atoms with Gasteiger partial charge in [0, 0.05) is 16.0 Å². The van der Waals surface area contributed by atoms with Gasteiger partial charge in [-0.2, -0.15) is 0 Å². The normalized spacial score (nSPS) is 12.2. The molecular formula is C12H15N3O2S2. The number of carbonyl (C=O) groups is 1. The highest BCUT2D eigenvalue weighted by atomic mass is 32.1. The van der Waals surface area contributed by atoms with Gasteiger partial charge in [-0.1, -0.05) is 0 Å². The molecule has 5 nitrogen and oxygen atoms in total. The molecule has 1 N–H and O–H groups in total. The van der Waals surface area contributed by atoms with Crippen molar-refractivity contribution in [3.63, 3.8) is 0 Å². The van der Waals surface area contributed by atoms with E-state index in [0.717, 1.165) is 9.88 Å². The molecule has 0 aromatic carbocycles. The third-order valence-corrected chi connectivity index (χ3v) is 4.52. The van der Waals surface area contributed by atoms with Crippen LogP contribution in [-0.2, 0) is 4.74 Å². The zero-order valence-corrected chi connectivity index (χ0v) is 12.8. The number of hydrogen-bond acceptors (Lipinski definition) is 7. The number of thiazole rings is 2. The van der Waals surface area contributed by atoms with Crippen LogP contribution in [0.15, 0.2) is 6.20 Å². The van der Waals surface area contributed by atoms with E-state index in [9.17, 15) is 4.79 Å². The van der Waals surface area contributed by atoms with E-state index in [1.807, 2.05) is 27.0 Å². The molecule has 2 rings (SSSR count). The molecule has 0 fully saturated rings. The number of nitrogens with one attached hydrogen (secondary N) is 1. The van der Waals surface area contributed by atoms with Gasteiger partial charge in [0.25, 0.3) is 0 Å². The molecule has 7 heteroatoms. The number of rotatable bonds is 4. The van der Waals surface area contributed by atoms with Gasteiger partial charge in [0.05, 0.1) is 13.2 Å². The van der Waals surface area contributed by atoms with E-state index >= 15 is 0 Å². The Morgan fingerprint density at radius 3 is 2.74 bits per heavy atom. The smallest absolute Gasteiger partial charge is 0.357 e. The van der Waals surface area contributed by atoms with Crippen molar-refractivity contribution in [3.05, 3.63) is 26.7 Å². The average molecular weight is 297 g/mol. The molecule has 0 saturated heterocycles. The number of hydrogen-bond donors (Lipinski definition) is 1. The topological polar surface area (TPSA) is 64.1 Å². The predicted octanol–water partition coefficient (Wildman–Crippen LogP) is 3.18. The third kappa shape index (κ3) is 3.10. The van der Waals surface area contributed by atoms with Crippen molar-refractivity contribution in [2.24, 2.45) is 0 Å². The highest BCUT2D eigenvalue weighted by Gasteiger charge is 2.17. The largest absolute Gasteiger partial charge is 0.464 e. The molecule has 0 saturated carbocycles. The van der Waals surface area contributed by atoms with Gasteiger partial charge < -0.3 is 10.1 Å². The average Bonchev–Trinajstić information content (AvgIpc) is 2.95. The summed E-state index contributed by atoms with van der Waals surface area (Å²) in [6.45, 7) is 5.90. The quantitative estimate of drug-likeness (QED) is 0.878. The summed E-state index contributed by atoms with van der Waals surface area (Å²) < 4.78 is 4.69. The lowest BCUT2D eigenvalue weighted by Gasteiger charge is -2.08. The van der Waals surface area contributed by atoms with E-state index < -0.39 is 5.97 Å². The number of esters is 1. The Labute approximate surface area is 119 Å². The monoisotopic (exact) mass is 297 g/mol. The summed E-state index contributed by atoms with van der Waals surface area (Å²) in [7, 11) is 1.36. The Kier molecular flexibility index (Phi) is 4.16. The third-order valence-electron chi connectivity index (χ3n) is 2.52. The fourth-order valence-corrected chi connectivity index (χ4v) is 3.23. The molecule has 2 aromatic rings. The van der Waals surface area contributed by atoms with E-state index in [-0.39, 0.29) is 6.04 Å². The number of methoxy groups -OCH3 is 1. The standard InChI is InChI=1S/C12H15N3O2S2/c1-6-5-13-10(18-6)7(2)14-12-15-9(8(3)19-12)11(16)17-4/h5,7H,1-4H3,(H,14,15). The van der Waals surface area contributed by atoms with E-state index in [2.05, 4.69) is 15.3 Å². The lowest BCUT2D eigenvalue weighted by Crippen LogP contribution is -2.07. The molecule has 0 aliphatic heterocycles. The lowest BCUT2D eigenvalue weighted by molar-refractivity contribution is 0.0594. The Morgan fingerprint density at radius 2 is 2.16 bits per heavy atom. The summed E-state index contributed by atoms with van der Waals surface area (Å²) in [5.41, 5.74) is 0.373. The van der Waals surface area contributed by atoms with E-state index in [0.29, 0.717) is 10.8 Å². The highest BCUT2D eigenvalue weighted by Crippen LogP contribution is 2.28. The first-order valence-electron chi connectivity index (χ1n) is 5.76. The second-order valence-corrected chi connectivity index (χ2v) is 6.56. The van der Waals surface area contributed by atoms with Crippen LogP contribution < -0.4 is 5.32 Å². The minimum absolute atomic E-state index is 0.0646. The number of carbonyl (C=O) groups excluding carboxylic acids is 1. The Balaban J connectivity index is 2.13. The van der Waals surface area contributed by atoms with Gasteiger partial charge in [-0.3, -0.25) is 0 Å². The fourth-order valence-electron chi connectivity index (χ4n) is 1.56. The molecule has 0 aliphatic rings. The predicted molar refractivity (Wildman–Crippen MR) is 77.1 cm³/mol. The van der Waals surface area contributed by atoms with Crippen LogP contribution in [0.3, 0.4) is 0 Å². The fraction of sp³-hybridized carbons (Fsp3) is 0.417. The summed E-state index contributed by atoms with van der Waals surface area (Å²) in [5, 5.41) is 4.97. The van der Waals surface area contributed by atoms with Crippen LogP contribution in [0, 0.1) is 13.8 Å².